The van der Waals surface area contributed by atoms with Gasteiger partial charge < -0.3 is 10.2 Å². The molecule has 0 bridgehead atoms. The van der Waals surface area contributed by atoms with Gasteiger partial charge in [-0.3, -0.25) is 0 Å². The quantitative estimate of drug-likeness (QED) is 0.736. The first-order chi connectivity index (χ1) is 8.06. The topological polar surface area (TPSA) is 15.3 Å². The SMILES string of the molecule is CCC(CC)(CNC)CN1CCC(C(C)C)C1. The first kappa shape index (κ1) is 15.0. The Morgan fingerprint density at radius 2 is 1.94 bits per heavy atom. The summed E-state index contributed by atoms with van der Waals surface area (Å²) < 4.78 is 0. The van der Waals surface area contributed by atoms with Gasteiger partial charge >= 0.3 is 0 Å². The summed E-state index contributed by atoms with van der Waals surface area (Å²) in [5.74, 6) is 1.78. The smallest absolute Gasteiger partial charge is 0.00501 e. The van der Waals surface area contributed by atoms with Gasteiger partial charge in [0, 0.05) is 19.6 Å². The van der Waals surface area contributed by atoms with E-state index in [0.29, 0.717) is 5.41 Å². The minimum Gasteiger partial charge on any atom is -0.319 e. The number of likely N-dealkylation sites (tertiary alicyclic amines) is 1. The fourth-order valence-electron chi connectivity index (χ4n) is 3.18. The second-order valence-corrected chi connectivity index (χ2v) is 6.27. The summed E-state index contributed by atoms with van der Waals surface area (Å²) in [6.07, 6.45) is 3.97. The molecule has 0 aromatic carbocycles. The summed E-state index contributed by atoms with van der Waals surface area (Å²) in [5.41, 5.74) is 0.487. The van der Waals surface area contributed by atoms with Gasteiger partial charge in [0.05, 0.1) is 0 Å². The number of rotatable bonds is 7. The number of nitrogens with one attached hydrogen (secondary N) is 1. The number of nitrogens with zero attached hydrogens (tertiary/aromatic N) is 1. The van der Waals surface area contributed by atoms with Gasteiger partial charge in [-0.15, -0.1) is 0 Å². The lowest BCUT2D eigenvalue weighted by Crippen LogP contribution is -2.42. The van der Waals surface area contributed by atoms with E-state index < -0.39 is 0 Å². The van der Waals surface area contributed by atoms with Crippen LogP contribution < -0.4 is 5.32 Å². The summed E-state index contributed by atoms with van der Waals surface area (Å²) in [5, 5.41) is 3.39. The highest BCUT2D eigenvalue weighted by Crippen LogP contribution is 2.31. The van der Waals surface area contributed by atoms with Gasteiger partial charge in [0.2, 0.25) is 0 Å². The third-order valence-electron chi connectivity index (χ3n) is 4.86. The van der Waals surface area contributed by atoms with Gasteiger partial charge in [0.1, 0.15) is 0 Å². The molecule has 1 aliphatic rings. The van der Waals surface area contributed by atoms with Crippen molar-refractivity contribution in [2.75, 3.05) is 33.2 Å². The maximum atomic E-state index is 3.39. The van der Waals surface area contributed by atoms with Gasteiger partial charge in [-0.05, 0) is 50.1 Å². The Kier molecular flexibility index (Phi) is 5.94. The van der Waals surface area contributed by atoms with E-state index in [9.17, 15) is 0 Å². The van der Waals surface area contributed by atoms with Gasteiger partial charge in [0.25, 0.3) is 0 Å². The van der Waals surface area contributed by atoms with Crippen molar-refractivity contribution < 1.29 is 0 Å². The zero-order chi connectivity index (χ0) is 12.9. The molecule has 0 amide bonds. The van der Waals surface area contributed by atoms with E-state index in [0.717, 1.165) is 18.4 Å². The van der Waals surface area contributed by atoms with Crippen molar-refractivity contribution in [3.05, 3.63) is 0 Å². The molecule has 2 nitrogen and oxygen atoms in total. The zero-order valence-corrected chi connectivity index (χ0v) is 12.6. The largest absolute Gasteiger partial charge is 0.319 e. The molecule has 1 N–H and O–H groups in total. The highest BCUT2D eigenvalue weighted by atomic mass is 15.2. The predicted molar refractivity (Wildman–Crippen MR) is 76.3 cm³/mol. The van der Waals surface area contributed by atoms with Crippen LogP contribution in [-0.4, -0.2) is 38.1 Å². The van der Waals surface area contributed by atoms with Crippen molar-refractivity contribution in [3.63, 3.8) is 0 Å². The Hall–Kier alpha value is -0.0800. The van der Waals surface area contributed by atoms with Crippen LogP contribution in [0.1, 0.15) is 47.0 Å². The minimum atomic E-state index is 0.487. The van der Waals surface area contributed by atoms with Gasteiger partial charge in [-0.25, -0.2) is 0 Å². The molecular formula is C15H32N2. The van der Waals surface area contributed by atoms with Crippen LogP contribution in [0, 0.1) is 17.3 Å². The van der Waals surface area contributed by atoms with E-state index >= 15 is 0 Å². The molecule has 1 heterocycles. The van der Waals surface area contributed by atoms with Gasteiger partial charge in [0.15, 0.2) is 0 Å². The van der Waals surface area contributed by atoms with Crippen molar-refractivity contribution >= 4 is 0 Å². The molecule has 0 radical (unpaired) electrons. The third-order valence-corrected chi connectivity index (χ3v) is 4.86. The van der Waals surface area contributed by atoms with Crippen LogP contribution in [0.25, 0.3) is 0 Å². The zero-order valence-electron chi connectivity index (χ0n) is 12.6. The highest BCUT2D eigenvalue weighted by molar-refractivity contribution is 4.86. The molecule has 1 unspecified atom stereocenters. The molecule has 2 heteroatoms. The second kappa shape index (κ2) is 6.75. The Bertz CT molecular complexity index is 209. The predicted octanol–water partition coefficient (Wildman–Crippen LogP) is 2.99. The average Bonchev–Trinajstić information content (AvgIpc) is 2.77. The maximum Gasteiger partial charge on any atom is 0.00501 e. The fraction of sp³-hybridized carbons (Fsp3) is 1.00. The van der Waals surface area contributed by atoms with E-state index in [2.05, 4.69) is 45.0 Å². The van der Waals surface area contributed by atoms with Crippen molar-refractivity contribution in [1.29, 1.82) is 0 Å². The van der Waals surface area contributed by atoms with Gasteiger partial charge in [-0.2, -0.15) is 0 Å². The van der Waals surface area contributed by atoms with Gasteiger partial charge in [-0.1, -0.05) is 27.7 Å². The molecule has 0 aromatic heterocycles. The molecule has 1 aliphatic heterocycles. The molecule has 1 saturated heterocycles. The van der Waals surface area contributed by atoms with Crippen LogP contribution in [0.3, 0.4) is 0 Å². The third kappa shape index (κ3) is 3.96. The van der Waals surface area contributed by atoms with E-state index in [-0.39, 0.29) is 0 Å². The normalized spacial score (nSPS) is 22.6. The fourth-order valence-corrected chi connectivity index (χ4v) is 3.18. The van der Waals surface area contributed by atoms with Crippen molar-refractivity contribution in [1.82, 2.24) is 10.2 Å². The Labute approximate surface area is 108 Å². The molecule has 0 saturated carbocycles. The van der Waals surface area contributed by atoms with Crippen LogP contribution in [-0.2, 0) is 0 Å². The molecule has 17 heavy (non-hydrogen) atoms. The molecule has 0 spiro atoms. The molecule has 102 valence electrons. The van der Waals surface area contributed by atoms with Crippen molar-refractivity contribution in [2.24, 2.45) is 17.3 Å². The minimum absolute atomic E-state index is 0.487. The average molecular weight is 240 g/mol. The first-order valence-electron chi connectivity index (χ1n) is 7.44. The lowest BCUT2D eigenvalue weighted by molar-refractivity contribution is 0.151. The van der Waals surface area contributed by atoms with E-state index in [1.807, 2.05) is 0 Å². The van der Waals surface area contributed by atoms with Crippen LogP contribution in [0.5, 0.6) is 0 Å². The van der Waals surface area contributed by atoms with Crippen molar-refractivity contribution in [3.8, 4) is 0 Å². The molecule has 1 atom stereocenters. The molecule has 0 aromatic rings. The van der Waals surface area contributed by atoms with E-state index in [4.69, 9.17) is 0 Å². The van der Waals surface area contributed by atoms with Crippen LogP contribution in [0.15, 0.2) is 0 Å². The first-order valence-corrected chi connectivity index (χ1v) is 7.44. The summed E-state index contributed by atoms with van der Waals surface area (Å²) in [4.78, 5) is 2.70. The highest BCUT2D eigenvalue weighted by Gasteiger charge is 2.32. The Morgan fingerprint density at radius 1 is 1.29 bits per heavy atom. The summed E-state index contributed by atoms with van der Waals surface area (Å²) in [6.45, 7) is 14.5. The summed E-state index contributed by atoms with van der Waals surface area (Å²) in [6, 6.07) is 0. The van der Waals surface area contributed by atoms with E-state index in [1.165, 1.54) is 38.9 Å². The lowest BCUT2D eigenvalue weighted by atomic mass is 9.81. The van der Waals surface area contributed by atoms with E-state index in [1.54, 1.807) is 0 Å². The monoisotopic (exact) mass is 240 g/mol. The number of hydrogen-bond acceptors (Lipinski definition) is 2. The second-order valence-electron chi connectivity index (χ2n) is 6.27. The Balaban J connectivity index is 2.51. The summed E-state index contributed by atoms with van der Waals surface area (Å²) in [7, 11) is 2.08. The molecule has 1 rings (SSSR count). The lowest BCUT2D eigenvalue weighted by Gasteiger charge is -2.36. The molecule has 1 fully saturated rings. The van der Waals surface area contributed by atoms with Crippen LogP contribution in [0.2, 0.25) is 0 Å². The number of hydrogen-bond donors (Lipinski definition) is 1. The maximum absolute atomic E-state index is 3.39. The molecular weight excluding hydrogens is 208 g/mol. The van der Waals surface area contributed by atoms with Crippen LogP contribution >= 0.6 is 0 Å². The summed E-state index contributed by atoms with van der Waals surface area (Å²) >= 11 is 0. The Morgan fingerprint density at radius 3 is 2.35 bits per heavy atom. The van der Waals surface area contributed by atoms with Crippen LogP contribution in [0.4, 0.5) is 0 Å². The van der Waals surface area contributed by atoms with Crippen molar-refractivity contribution in [2.45, 2.75) is 47.0 Å². The standard InChI is InChI=1S/C15H32N2/c1-6-15(7-2,11-16-5)12-17-9-8-14(10-17)13(3)4/h13-14,16H,6-12H2,1-5H3. The molecule has 0 aliphatic carbocycles.